The van der Waals surface area contributed by atoms with Gasteiger partial charge in [-0.05, 0) is 48.4 Å². The molecule has 0 heterocycles. The first-order valence-electron chi connectivity index (χ1n) is 6.13. The molecule has 4 heteroatoms. The highest BCUT2D eigenvalue weighted by atomic mass is 35.5. The molecule has 0 spiro atoms. The summed E-state index contributed by atoms with van der Waals surface area (Å²) in [6.45, 7) is 2.24. The minimum atomic E-state index is -0.160. The van der Waals surface area contributed by atoms with Gasteiger partial charge in [0.2, 0.25) is 0 Å². The topological polar surface area (TPSA) is 52.9 Å². The van der Waals surface area contributed by atoms with Gasteiger partial charge in [0.05, 0.1) is 11.6 Å². The first kappa shape index (κ1) is 14.1. The second-order valence-electron chi connectivity index (χ2n) is 4.46. The molecule has 1 amide bonds. The number of carbonyl (C=O) groups is 1. The van der Waals surface area contributed by atoms with Gasteiger partial charge in [-0.15, -0.1) is 0 Å². The summed E-state index contributed by atoms with van der Waals surface area (Å²) < 4.78 is 0. The van der Waals surface area contributed by atoms with E-state index in [9.17, 15) is 4.79 Å². The molecule has 0 radical (unpaired) electrons. The van der Waals surface area contributed by atoms with Gasteiger partial charge in [0, 0.05) is 17.1 Å². The van der Waals surface area contributed by atoms with Crippen molar-refractivity contribution in [2.45, 2.75) is 13.5 Å². The Morgan fingerprint density at radius 1 is 1.30 bits per heavy atom. The van der Waals surface area contributed by atoms with Crippen LogP contribution < -0.4 is 5.32 Å². The minimum Gasteiger partial charge on any atom is -0.348 e. The van der Waals surface area contributed by atoms with E-state index >= 15 is 0 Å². The molecule has 2 rings (SSSR count). The molecule has 0 unspecified atom stereocenters. The summed E-state index contributed by atoms with van der Waals surface area (Å²) in [5, 5.41) is 12.3. The van der Waals surface area contributed by atoms with Crippen molar-refractivity contribution in [1.82, 2.24) is 5.32 Å². The van der Waals surface area contributed by atoms with Gasteiger partial charge >= 0.3 is 0 Å². The first-order chi connectivity index (χ1) is 9.60. The number of amides is 1. The Balaban J connectivity index is 2.05. The molecule has 0 aliphatic carbocycles. The Morgan fingerprint density at radius 2 is 2.10 bits per heavy atom. The molecular formula is C16H13ClN2O. The van der Waals surface area contributed by atoms with Crippen LogP contribution in [0.15, 0.2) is 42.5 Å². The number of aryl methyl sites for hydroxylation is 1. The number of rotatable bonds is 3. The van der Waals surface area contributed by atoms with Crippen LogP contribution in [0.25, 0.3) is 0 Å². The van der Waals surface area contributed by atoms with Gasteiger partial charge in [-0.3, -0.25) is 4.79 Å². The summed E-state index contributed by atoms with van der Waals surface area (Å²) >= 11 is 5.93. The zero-order valence-electron chi connectivity index (χ0n) is 11.0. The Bertz CT molecular complexity index is 689. The molecule has 0 aliphatic rings. The lowest BCUT2D eigenvalue weighted by Crippen LogP contribution is -2.22. The number of hydrogen-bond acceptors (Lipinski definition) is 2. The molecule has 0 aliphatic heterocycles. The zero-order chi connectivity index (χ0) is 14.5. The fourth-order valence-electron chi connectivity index (χ4n) is 1.82. The first-order valence-corrected chi connectivity index (χ1v) is 6.51. The van der Waals surface area contributed by atoms with E-state index in [1.165, 1.54) is 0 Å². The predicted molar refractivity (Wildman–Crippen MR) is 78.5 cm³/mol. The quantitative estimate of drug-likeness (QED) is 0.938. The number of nitriles is 1. The fourth-order valence-corrected chi connectivity index (χ4v) is 1.94. The Labute approximate surface area is 122 Å². The molecule has 0 fully saturated rings. The molecule has 0 aromatic heterocycles. The summed E-state index contributed by atoms with van der Waals surface area (Å²) in [7, 11) is 0. The molecular weight excluding hydrogens is 272 g/mol. The van der Waals surface area contributed by atoms with Crippen LogP contribution in [0.3, 0.4) is 0 Å². The molecule has 0 bridgehead atoms. The second-order valence-corrected chi connectivity index (χ2v) is 4.87. The van der Waals surface area contributed by atoms with E-state index in [0.29, 0.717) is 22.7 Å². The number of halogens is 1. The summed E-state index contributed by atoms with van der Waals surface area (Å²) in [5.74, 6) is -0.160. The van der Waals surface area contributed by atoms with Crippen molar-refractivity contribution >= 4 is 17.5 Å². The third kappa shape index (κ3) is 3.37. The van der Waals surface area contributed by atoms with Crippen molar-refractivity contribution in [1.29, 1.82) is 5.26 Å². The van der Waals surface area contributed by atoms with Gasteiger partial charge in [-0.25, -0.2) is 0 Å². The maximum absolute atomic E-state index is 12.0. The molecule has 0 atom stereocenters. The summed E-state index contributed by atoms with van der Waals surface area (Å²) in [4.78, 5) is 12.0. The number of nitrogens with one attached hydrogen (secondary N) is 1. The largest absolute Gasteiger partial charge is 0.348 e. The molecule has 2 aromatic carbocycles. The van der Waals surface area contributed by atoms with Crippen LogP contribution in [0.4, 0.5) is 0 Å². The van der Waals surface area contributed by atoms with Gasteiger partial charge in [-0.1, -0.05) is 23.7 Å². The SMILES string of the molecule is Cc1cc(C(=O)NCc2cccc(C#N)c2)ccc1Cl. The van der Waals surface area contributed by atoms with Crippen LogP contribution in [-0.2, 0) is 6.54 Å². The molecule has 20 heavy (non-hydrogen) atoms. The Kier molecular flexibility index (Phi) is 4.39. The highest BCUT2D eigenvalue weighted by Crippen LogP contribution is 2.16. The molecule has 0 saturated carbocycles. The molecule has 1 N–H and O–H groups in total. The van der Waals surface area contributed by atoms with E-state index in [2.05, 4.69) is 11.4 Å². The maximum atomic E-state index is 12.0. The third-order valence-electron chi connectivity index (χ3n) is 2.93. The number of carbonyl (C=O) groups excluding carboxylic acids is 1. The number of nitrogens with zero attached hydrogens (tertiary/aromatic N) is 1. The Morgan fingerprint density at radius 3 is 2.80 bits per heavy atom. The monoisotopic (exact) mass is 284 g/mol. The lowest BCUT2D eigenvalue weighted by molar-refractivity contribution is 0.0951. The molecule has 2 aromatic rings. The van der Waals surface area contributed by atoms with Gasteiger partial charge in [0.15, 0.2) is 0 Å². The second kappa shape index (κ2) is 6.23. The van der Waals surface area contributed by atoms with E-state index in [1.54, 1.807) is 36.4 Å². The Hall–Kier alpha value is -2.31. The lowest BCUT2D eigenvalue weighted by atomic mass is 10.1. The average molecular weight is 285 g/mol. The van der Waals surface area contributed by atoms with Crippen LogP contribution >= 0.6 is 11.6 Å². The van der Waals surface area contributed by atoms with E-state index < -0.39 is 0 Å². The molecule has 100 valence electrons. The standard InChI is InChI=1S/C16H13ClN2O/c1-11-7-14(5-6-15(11)17)16(20)19-10-13-4-2-3-12(8-13)9-18/h2-8H,10H2,1H3,(H,19,20). The van der Waals surface area contributed by atoms with E-state index in [4.69, 9.17) is 16.9 Å². The lowest BCUT2D eigenvalue weighted by Gasteiger charge is -2.07. The van der Waals surface area contributed by atoms with Crippen LogP contribution in [-0.4, -0.2) is 5.91 Å². The smallest absolute Gasteiger partial charge is 0.251 e. The van der Waals surface area contributed by atoms with Crippen molar-refractivity contribution in [3.05, 3.63) is 69.7 Å². The predicted octanol–water partition coefficient (Wildman–Crippen LogP) is 3.45. The minimum absolute atomic E-state index is 0.160. The number of hydrogen-bond donors (Lipinski definition) is 1. The van der Waals surface area contributed by atoms with Gasteiger partial charge in [0.1, 0.15) is 0 Å². The third-order valence-corrected chi connectivity index (χ3v) is 3.35. The van der Waals surface area contributed by atoms with Gasteiger partial charge < -0.3 is 5.32 Å². The van der Waals surface area contributed by atoms with E-state index in [-0.39, 0.29) is 5.91 Å². The highest BCUT2D eigenvalue weighted by Gasteiger charge is 2.07. The van der Waals surface area contributed by atoms with Gasteiger partial charge in [0.25, 0.3) is 5.91 Å². The van der Waals surface area contributed by atoms with Crippen molar-refractivity contribution < 1.29 is 4.79 Å². The summed E-state index contributed by atoms with van der Waals surface area (Å²) in [5.41, 5.74) is 2.91. The van der Waals surface area contributed by atoms with Crippen molar-refractivity contribution in [2.75, 3.05) is 0 Å². The fraction of sp³-hybridized carbons (Fsp3) is 0.125. The van der Waals surface area contributed by atoms with E-state index in [0.717, 1.165) is 11.1 Å². The van der Waals surface area contributed by atoms with Crippen molar-refractivity contribution in [2.24, 2.45) is 0 Å². The summed E-state index contributed by atoms with van der Waals surface area (Å²) in [6, 6.07) is 14.4. The van der Waals surface area contributed by atoms with Crippen LogP contribution in [0.5, 0.6) is 0 Å². The van der Waals surface area contributed by atoms with Crippen LogP contribution in [0, 0.1) is 18.3 Å². The van der Waals surface area contributed by atoms with Crippen LogP contribution in [0.1, 0.15) is 27.0 Å². The highest BCUT2D eigenvalue weighted by molar-refractivity contribution is 6.31. The normalized spacial score (nSPS) is 9.85. The van der Waals surface area contributed by atoms with Gasteiger partial charge in [-0.2, -0.15) is 5.26 Å². The molecule has 3 nitrogen and oxygen atoms in total. The van der Waals surface area contributed by atoms with Crippen molar-refractivity contribution in [3.8, 4) is 6.07 Å². The molecule has 0 saturated heterocycles. The zero-order valence-corrected chi connectivity index (χ0v) is 11.7. The van der Waals surface area contributed by atoms with Crippen LogP contribution in [0.2, 0.25) is 5.02 Å². The summed E-state index contributed by atoms with van der Waals surface area (Å²) in [6.07, 6.45) is 0. The van der Waals surface area contributed by atoms with Crippen molar-refractivity contribution in [3.63, 3.8) is 0 Å². The van der Waals surface area contributed by atoms with E-state index in [1.807, 2.05) is 13.0 Å². The maximum Gasteiger partial charge on any atom is 0.251 e. The average Bonchev–Trinajstić information content (AvgIpc) is 2.47. The number of benzene rings is 2.